The summed E-state index contributed by atoms with van der Waals surface area (Å²) in [6, 6.07) is 0. The third-order valence-corrected chi connectivity index (χ3v) is 15.7. The predicted molar refractivity (Wildman–Crippen MR) is 177 cm³/mol. The Labute approximate surface area is 286 Å². The molecule has 48 heavy (non-hydrogen) atoms. The van der Waals surface area contributed by atoms with E-state index in [0.717, 1.165) is 44.9 Å². The molecule has 6 N–H and O–H groups in total. The molecule has 1 aliphatic heterocycles. The molecule has 5 aliphatic carbocycles. The number of ether oxygens (including phenoxy) is 3. The van der Waals surface area contributed by atoms with Crippen LogP contribution in [0.2, 0.25) is 0 Å². The van der Waals surface area contributed by atoms with Crippen LogP contribution < -0.4 is 0 Å². The van der Waals surface area contributed by atoms with E-state index in [0.29, 0.717) is 24.3 Å². The maximum absolute atomic E-state index is 12.2. The zero-order valence-electron chi connectivity index (χ0n) is 30.1. The summed E-state index contributed by atoms with van der Waals surface area (Å²) in [4.78, 5) is 12.2. The molecule has 0 radical (unpaired) electrons. The Morgan fingerprint density at radius 2 is 1.62 bits per heavy atom. The van der Waals surface area contributed by atoms with E-state index in [-0.39, 0.29) is 63.0 Å². The maximum atomic E-state index is 12.2. The summed E-state index contributed by atoms with van der Waals surface area (Å²) in [6.07, 6.45) is -1.07. The molecule has 8 unspecified atom stereocenters. The minimum Gasteiger partial charge on any atom is -0.462 e. The van der Waals surface area contributed by atoms with Gasteiger partial charge < -0.3 is 44.8 Å². The summed E-state index contributed by atoms with van der Waals surface area (Å²) in [7, 11) is 0. The molecular weight excluding hydrogens is 616 g/mol. The van der Waals surface area contributed by atoms with E-state index in [2.05, 4.69) is 41.2 Å². The van der Waals surface area contributed by atoms with Gasteiger partial charge in [-0.1, -0.05) is 41.2 Å². The van der Waals surface area contributed by atoms with Gasteiger partial charge in [0.15, 0.2) is 6.29 Å². The Morgan fingerprint density at radius 3 is 2.25 bits per heavy atom. The first-order valence-corrected chi connectivity index (χ1v) is 18.5. The maximum Gasteiger partial charge on any atom is 0.302 e. The number of hydrogen-bond acceptors (Lipinski definition) is 10. The SMILES string of the molecule is C=C(C)[C@@H](O)[C@H](O)C[C@@H](C)C1CC[C@]23C[C@]12CCC1[C@@]2(C)CC[C@@H](OC(C)=O)C(C)(C)C2C[C@@H](OC2OC(CO)C(O)C(O)C2O)[C@]13C. The molecule has 1 heterocycles. The van der Waals surface area contributed by atoms with Crippen molar-refractivity contribution in [2.24, 2.45) is 50.7 Å². The van der Waals surface area contributed by atoms with Gasteiger partial charge in [-0.05, 0) is 110 Å². The van der Waals surface area contributed by atoms with Crippen molar-refractivity contribution in [1.82, 2.24) is 0 Å². The monoisotopic (exact) mass is 678 g/mol. The molecule has 0 spiro atoms. The predicted octanol–water partition coefficient (Wildman–Crippen LogP) is 3.48. The number of carbonyl (C=O) groups excluding carboxylic acids is 1. The number of rotatable bonds is 9. The molecule has 10 heteroatoms. The van der Waals surface area contributed by atoms with Gasteiger partial charge in [0, 0.05) is 17.8 Å². The van der Waals surface area contributed by atoms with E-state index < -0.39 is 49.5 Å². The van der Waals surface area contributed by atoms with Crippen molar-refractivity contribution in [3.05, 3.63) is 12.2 Å². The zero-order valence-corrected chi connectivity index (χ0v) is 30.1. The van der Waals surface area contributed by atoms with Crippen LogP contribution in [-0.2, 0) is 19.0 Å². The number of carbonyl (C=O) groups is 1. The van der Waals surface area contributed by atoms with Crippen LogP contribution in [0.5, 0.6) is 0 Å². The van der Waals surface area contributed by atoms with Crippen molar-refractivity contribution in [1.29, 1.82) is 0 Å². The third-order valence-electron chi connectivity index (χ3n) is 15.7. The fourth-order valence-electron chi connectivity index (χ4n) is 13.4. The van der Waals surface area contributed by atoms with E-state index in [4.69, 9.17) is 14.2 Å². The highest BCUT2D eigenvalue weighted by Gasteiger charge is 2.85. The number of hydrogen-bond donors (Lipinski definition) is 6. The minimum atomic E-state index is -1.53. The summed E-state index contributed by atoms with van der Waals surface area (Å²) in [6.45, 7) is 18.0. The van der Waals surface area contributed by atoms with E-state index >= 15 is 0 Å². The van der Waals surface area contributed by atoms with Crippen molar-refractivity contribution in [2.45, 2.75) is 161 Å². The van der Waals surface area contributed by atoms with Crippen LogP contribution in [0.25, 0.3) is 0 Å². The van der Waals surface area contributed by atoms with Crippen molar-refractivity contribution in [3.8, 4) is 0 Å². The third kappa shape index (κ3) is 5.05. The zero-order chi connectivity index (χ0) is 35.4. The topological polar surface area (TPSA) is 166 Å². The van der Waals surface area contributed by atoms with Crippen molar-refractivity contribution in [2.75, 3.05) is 6.61 Å². The Balaban J connectivity index is 1.37. The van der Waals surface area contributed by atoms with Gasteiger partial charge in [-0.25, -0.2) is 0 Å². The van der Waals surface area contributed by atoms with E-state index in [9.17, 15) is 35.4 Å². The summed E-state index contributed by atoms with van der Waals surface area (Å²) in [5.41, 5.74) is -0.0970. The quantitative estimate of drug-likeness (QED) is 0.121. The van der Waals surface area contributed by atoms with Crippen LogP contribution in [0.4, 0.5) is 0 Å². The van der Waals surface area contributed by atoms with E-state index in [1.165, 1.54) is 6.92 Å². The lowest BCUT2D eigenvalue weighted by molar-refractivity contribution is -0.344. The fraction of sp³-hybridized carbons (Fsp3) is 0.921. The standard InChI is InChI=1S/C38H62O10/c1-19(2)29(42)23(41)15-20(3)22-9-14-38-18-37(22,38)13-10-25-35(7)12-11-27(46-21(4)40)34(5,6)26(35)16-28(36(25,38)8)48-33-32(45)31(44)30(43)24(17-39)47-33/h20,22-33,39,41-45H,1,9-18H2,2-8H3/t20-,22?,23-,24?,25?,26?,27-,28-,29-,30?,31?,32?,33?,35-,36+,37-,38-/m1/s1. The lowest BCUT2D eigenvalue weighted by Crippen LogP contribution is -2.68. The molecule has 0 aromatic carbocycles. The molecule has 0 bridgehead atoms. The van der Waals surface area contributed by atoms with Gasteiger partial charge >= 0.3 is 5.97 Å². The average molecular weight is 679 g/mol. The van der Waals surface area contributed by atoms with Crippen molar-refractivity contribution < 1.29 is 49.6 Å². The molecule has 1 saturated heterocycles. The molecule has 6 aliphatic rings. The van der Waals surface area contributed by atoms with Crippen LogP contribution in [-0.4, -0.2) is 98.3 Å². The molecule has 5 saturated carbocycles. The van der Waals surface area contributed by atoms with Gasteiger partial charge in [0.1, 0.15) is 36.6 Å². The molecular formula is C38H62O10. The Bertz CT molecular complexity index is 1250. The lowest BCUT2D eigenvalue weighted by Gasteiger charge is -2.69. The molecule has 10 nitrogen and oxygen atoms in total. The van der Waals surface area contributed by atoms with Gasteiger partial charge in [-0.2, -0.15) is 0 Å². The molecule has 17 atom stereocenters. The molecule has 0 aromatic heterocycles. The summed E-state index contributed by atoms with van der Waals surface area (Å²) < 4.78 is 18.9. The smallest absolute Gasteiger partial charge is 0.302 e. The van der Waals surface area contributed by atoms with Gasteiger partial charge in [0.25, 0.3) is 0 Å². The largest absolute Gasteiger partial charge is 0.462 e. The Kier molecular flexibility index (Phi) is 9.36. The highest BCUT2D eigenvalue weighted by Crippen LogP contribution is 2.91. The second-order valence-electron chi connectivity index (χ2n) is 18.1. The number of aliphatic hydroxyl groups is 6. The fourth-order valence-corrected chi connectivity index (χ4v) is 13.4. The lowest BCUT2D eigenvalue weighted by atomic mass is 9.37. The average Bonchev–Trinajstić information content (AvgIpc) is 3.58. The number of aliphatic hydroxyl groups excluding tert-OH is 6. The van der Waals surface area contributed by atoms with Crippen LogP contribution in [0.15, 0.2) is 12.2 Å². The van der Waals surface area contributed by atoms with Crippen LogP contribution in [0.3, 0.4) is 0 Å². The number of esters is 1. The highest BCUT2D eigenvalue weighted by atomic mass is 16.7. The first kappa shape index (κ1) is 36.7. The highest BCUT2D eigenvalue weighted by molar-refractivity contribution is 5.66. The Morgan fingerprint density at radius 1 is 0.938 bits per heavy atom. The normalized spacial score (nSPS) is 50.9. The van der Waals surface area contributed by atoms with Gasteiger partial charge in [-0.15, -0.1) is 0 Å². The van der Waals surface area contributed by atoms with Crippen molar-refractivity contribution >= 4 is 5.97 Å². The van der Waals surface area contributed by atoms with Crippen LogP contribution >= 0.6 is 0 Å². The molecule has 0 amide bonds. The van der Waals surface area contributed by atoms with E-state index in [1.807, 2.05) is 0 Å². The van der Waals surface area contributed by atoms with Crippen LogP contribution in [0.1, 0.15) is 106 Å². The second-order valence-corrected chi connectivity index (χ2v) is 18.1. The van der Waals surface area contributed by atoms with Gasteiger partial charge in [-0.3, -0.25) is 4.79 Å². The minimum absolute atomic E-state index is 0.0244. The summed E-state index contributed by atoms with van der Waals surface area (Å²) >= 11 is 0. The van der Waals surface area contributed by atoms with E-state index in [1.54, 1.807) is 6.92 Å². The first-order chi connectivity index (χ1) is 22.3. The number of fused-ring (bicyclic) bond motifs is 3. The summed E-state index contributed by atoms with van der Waals surface area (Å²) in [5.74, 6) is 0.716. The van der Waals surface area contributed by atoms with Crippen LogP contribution in [0, 0.1) is 50.7 Å². The summed E-state index contributed by atoms with van der Waals surface area (Å²) in [5, 5.41) is 63.8. The van der Waals surface area contributed by atoms with Gasteiger partial charge in [0.2, 0.25) is 0 Å². The van der Waals surface area contributed by atoms with Crippen molar-refractivity contribution in [3.63, 3.8) is 0 Å². The Hall–Kier alpha value is -1.11. The second kappa shape index (κ2) is 12.2. The molecule has 6 rings (SSSR count). The van der Waals surface area contributed by atoms with Gasteiger partial charge in [0.05, 0.1) is 18.8 Å². The first-order valence-electron chi connectivity index (χ1n) is 18.5. The molecule has 6 fully saturated rings. The molecule has 274 valence electrons. The molecule has 0 aromatic rings.